The van der Waals surface area contributed by atoms with Crippen molar-refractivity contribution in [3.63, 3.8) is 0 Å². The van der Waals surface area contributed by atoms with Crippen molar-refractivity contribution in [1.29, 1.82) is 0 Å². The molecule has 0 unspecified atom stereocenters. The van der Waals surface area contributed by atoms with Gasteiger partial charge in [0.2, 0.25) is 0 Å². The minimum Gasteiger partial charge on any atom is -0.309 e. The molecule has 1 N–H and O–H groups in total. The summed E-state index contributed by atoms with van der Waals surface area (Å²) < 4.78 is 2.12. The first-order valence-corrected chi connectivity index (χ1v) is 11.3. The maximum Gasteiger partial charge on any atom is 0.260 e. The summed E-state index contributed by atoms with van der Waals surface area (Å²) in [5.41, 5.74) is 1.86. The molecule has 3 heterocycles. The van der Waals surface area contributed by atoms with Crippen LogP contribution in [0.5, 0.6) is 0 Å². The lowest BCUT2D eigenvalue weighted by atomic mass is 10.1. The topological polar surface area (TPSA) is 76.5 Å². The Balaban J connectivity index is 1.42. The second-order valence-corrected chi connectivity index (χ2v) is 8.81. The van der Waals surface area contributed by atoms with Crippen molar-refractivity contribution in [2.24, 2.45) is 0 Å². The van der Waals surface area contributed by atoms with E-state index in [2.05, 4.69) is 26.3 Å². The highest BCUT2D eigenvalue weighted by Gasteiger charge is 2.30. The van der Waals surface area contributed by atoms with Gasteiger partial charge in [0.25, 0.3) is 5.56 Å². The zero-order valence-electron chi connectivity index (χ0n) is 15.7. The molecule has 0 atom stereocenters. The van der Waals surface area contributed by atoms with E-state index in [0.717, 1.165) is 26.9 Å². The summed E-state index contributed by atoms with van der Waals surface area (Å²) in [7, 11) is 0. The Bertz CT molecular complexity index is 1240. The third-order valence-corrected chi connectivity index (χ3v) is 6.77. The molecule has 0 radical (unpaired) electrons. The highest BCUT2D eigenvalue weighted by molar-refractivity contribution is 7.98. The van der Waals surface area contributed by atoms with Crippen molar-refractivity contribution in [2.45, 2.75) is 36.2 Å². The summed E-state index contributed by atoms with van der Waals surface area (Å²) >= 11 is 3.04. The van der Waals surface area contributed by atoms with Gasteiger partial charge in [0, 0.05) is 23.4 Å². The second-order valence-electron chi connectivity index (χ2n) is 7.01. The molecule has 0 bridgehead atoms. The van der Waals surface area contributed by atoms with Gasteiger partial charge in [-0.1, -0.05) is 48.2 Å². The van der Waals surface area contributed by atoms with E-state index in [1.165, 1.54) is 24.2 Å². The van der Waals surface area contributed by atoms with E-state index in [-0.39, 0.29) is 5.56 Å². The number of aromatic nitrogens is 5. The van der Waals surface area contributed by atoms with Crippen LogP contribution in [0.25, 0.3) is 21.3 Å². The van der Waals surface area contributed by atoms with Crippen LogP contribution in [0.1, 0.15) is 30.4 Å². The Kier molecular flexibility index (Phi) is 4.81. The fourth-order valence-corrected chi connectivity index (χ4v) is 5.17. The second kappa shape index (κ2) is 7.61. The van der Waals surface area contributed by atoms with E-state index < -0.39 is 0 Å². The Hall–Kier alpha value is -2.71. The molecule has 0 saturated heterocycles. The zero-order valence-corrected chi connectivity index (χ0v) is 17.3. The minimum absolute atomic E-state index is 0.100. The predicted molar refractivity (Wildman–Crippen MR) is 117 cm³/mol. The quantitative estimate of drug-likeness (QED) is 0.349. The number of hydrogen-bond donors (Lipinski definition) is 1. The van der Waals surface area contributed by atoms with Gasteiger partial charge in [-0.15, -0.1) is 28.1 Å². The van der Waals surface area contributed by atoms with E-state index in [0.29, 0.717) is 29.4 Å². The van der Waals surface area contributed by atoms with E-state index >= 15 is 0 Å². The molecule has 0 aliphatic heterocycles. The number of nitrogens with one attached hydrogen (secondary N) is 1. The van der Waals surface area contributed by atoms with E-state index in [4.69, 9.17) is 4.98 Å². The zero-order chi connectivity index (χ0) is 19.8. The molecule has 6 nitrogen and oxygen atoms in total. The van der Waals surface area contributed by atoms with Crippen molar-refractivity contribution in [3.05, 3.63) is 70.4 Å². The van der Waals surface area contributed by atoms with Crippen molar-refractivity contribution in [1.82, 2.24) is 24.7 Å². The first-order valence-electron chi connectivity index (χ1n) is 9.47. The molecule has 5 rings (SSSR count). The molecule has 1 aliphatic carbocycles. The van der Waals surface area contributed by atoms with Gasteiger partial charge in [0.1, 0.15) is 16.5 Å². The Morgan fingerprint density at radius 3 is 2.86 bits per heavy atom. The van der Waals surface area contributed by atoms with Crippen molar-refractivity contribution >= 4 is 33.3 Å². The molecular formula is C21H19N5OS2. The van der Waals surface area contributed by atoms with Gasteiger partial charge in [-0.2, -0.15) is 0 Å². The highest BCUT2D eigenvalue weighted by atomic mass is 32.2. The number of aromatic amines is 1. The minimum atomic E-state index is -0.100. The summed E-state index contributed by atoms with van der Waals surface area (Å²) in [5.74, 6) is 2.74. The molecule has 1 fully saturated rings. The van der Waals surface area contributed by atoms with Crippen LogP contribution in [0, 0.1) is 0 Å². The standard InChI is InChI=1S/C21H19N5OS2/c1-2-10-26-18(14-8-9-14)24-25-21(26)29-12-16-22-19(27)17-15(11-28-20(17)23-16)13-6-4-3-5-7-13/h2-7,11,14H,1,8-10,12H2,(H,22,23,27). The molecule has 29 heavy (non-hydrogen) atoms. The van der Waals surface area contributed by atoms with Crippen molar-refractivity contribution in [2.75, 3.05) is 0 Å². The van der Waals surface area contributed by atoms with Crippen molar-refractivity contribution in [3.8, 4) is 11.1 Å². The molecule has 8 heteroatoms. The van der Waals surface area contributed by atoms with Crippen LogP contribution in [0.2, 0.25) is 0 Å². The number of rotatable bonds is 7. The summed E-state index contributed by atoms with van der Waals surface area (Å²) in [6, 6.07) is 9.93. The first-order chi connectivity index (χ1) is 14.2. The fraction of sp³-hybridized carbons (Fsp3) is 0.238. The van der Waals surface area contributed by atoms with Gasteiger partial charge in [0.15, 0.2) is 5.16 Å². The molecule has 0 amide bonds. The maximum absolute atomic E-state index is 12.8. The van der Waals surface area contributed by atoms with Gasteiger partial charge in [-0.3, -0.25) is 4.79 Å². The molecule has 1 saturated carbocycles. The summed E-state index contributed by atoms with van der Waals surface area (Å²) in [6.45, 7) is 4.53. The summed E-state index contributed by atoms with van der Waals surface area (Å²) in [4.78, 5) is 21.2. The lowest BCUT2D eigenvalue weighted by Crippen LogP contribution is -2.11. The summed E-state index contributed by atoms with van der Waals surface area (Å²) in [6.07, 6.45) is 4.21. The average Bonchev–Trinajstić information content (AvgIpc) is 3.36. The van der Waals surface area contributed by atoms with E-state index in [9.17, 15) is 4.79 Å². The fourth-order valence-electron chi connectivity index (χ4n) is 3.38. The molecular weight excluding hydrogens is 402 g/mol. The average molecular weight is 422 g/mol. The summed E-state index contributed by atoms with van der Waals surface area (Å²) in [5, 5.41) is 12.2. The van der Waals surface area contributed by atoms with Gasteiger partial charge in [-0.05, 0) is 18.4 Å². The predicted octanol–water partition coefficient (Wildman–Crippen LogP) is 4.60. The Morgan fingerprint density at radius 1 is 1.28 bits per heavy atom. The SMILES string of the molecule is C=CCn1c(SCc2nc3scc(-c4ccccc4)c3c(=O)[nH]2)nnc1C1CC1. The number of hydrogen-bond acceptors (Lipinski definition) is 6. The molecule has 0 spiro atoms. The molecule has 1 aromatic carbocycles. The van der Waals surface area contributed by atoms with Gasteiger partial charge in [-0.25, -0.2) is 4.98 Å². The lowest BCUT2D eigenvalue weighted by Gasteiger charge is -2.07. The van der Waals surface area contributed by atoms with Gasteiger partial charge >= 0.3 is 0 Å². The number of benzene rings is 1. The lowest BCUT2D eigenvalue weighted by molar-refractivity contribution is 0.681. The van der Waals surface area contributed by atoms with Crippen LogP contribution in [0.4, 0.5) is 0 Å². The number of fused-ring (bicyclic) bond motifs is 1. The smallest absolute Gasteiger partial charge is 0.260 e. The van der Waals surface area contributed by atoms with Crippen LogP contribution in [0.3, 0.4) is 0 Å². The maximum atomic E-state index is 12.8. The molecule has 146 valence electrons. The van der Waals surface area contributed by atoms with E-state index in [1.54, 1.807) is 11.8 Å². The van der Waals surface area contributed by atoms with Crippen LogP contribution in [-0.4, -0.2) is 24.7 Å². The number of nitrogens with zero attached hydrogens (tertiary/aromatic N) is 4. The number of thiophene rings is 1. The van der Waals surface area contributed by atoms with Crippen molar-refractivity contribution < 1.29 is 0 Å². The molecule has 3 aromatic heterocycles. The third-order valence-electron chi connectivity index (χ3n) is 4.92. The van der Waals surface area contributed by atoms with Crippen LogP contribution < -0.4 is 5.56 Å². The number of H-pyrrole nitrogens is 1. The largest absolute Gasteiger partial charge is 0.309 e. The molecule has 4 aromatic rings. The highest BCUT2D eigenvalue weighted by Crippen LogP contribution is 2.40. The van der Waals surface area contributed by atoms with E-state index in [1.807, 2.05) is 41.8 Å². The monoisotopic (exact) mass is 421 g/mol. The molecule has 1 aliphatic rings. The Labute approximate surface area is 175 Å². The van der Waals surface area contributed by atoms with Crippen LogP contribution in [0.15, 0.2) is 58.3 Å². The van der Waals surface area contributed by atoms with Crippen LogP contribution >= 0.6 is 23.1 Å². The third kappa shape index (κ3) is 3.54. The first kappa shape index (κ1) is 18.3. The van der Waals surface area contributed by atoms with Crippen LogP contribution in [-0.2, 0) is 12.3 Å². The van der Waals surface area contributed by atoms with Gasteiger partial charge < -0.3 is 9.55 Å². The Morgan fingerprint density at radius 2 is 2.10 bits per heavy atom. The van der Waals surface area contributed by atoms with Gasteiger partial charge in [0.05, 0.1) is 11.1 Å². The number of thioether (sulfide) groups is 1. The number of allylic oxidation sites excluding steroid dienone is 1. The normalized spacial score (nSPS) is 13.8.